The topological polar surface area (TPSA) is 24.4 Å². The van der Waals surface area contributed by atoms with Crippen LogP contribution in [0.3, 0.4) is 0 Å². The summed E-state index contributed by atoms with van der Waals surface area (Å²) in [4.78, 5) is 4.56. The predicted octanol–water partition coefficient (Wildman–Crippen LogP) is 4.63. The maximum absolute atomic E-state index is 6.51. The first-order valence-corrected chi connectivity index (χ1v) is 8.73. The largest absolute Gasteiger partial charge is 0.368 e. The Hall–Kier alpha value is -2.32. The van der Waals surface area contributed by atoms with Crippen LogP contribution < -0.4 is 5.32 Å². The summed E-state index contributed by atoms with van der Waals surface area (Å²) in [7, 11) is 0. The quantitative estimate of drug-likeness (QED) is 0.739. The van der Waals surface area contributed by atoms with Crippen molar-refractivity contribution in [2.45, 2.75) is 12.8 Å². The molecule has 0 aliphatic carbocycles. The van der Waals surface area contributed by atoms with Gasteiger partial charge in [0, 0.05) is 17.1 Å². The normalized spacial score (nSPS) is 13.8. The van der Waals surface area contributed by atoms with Gasteiger partial charge < -0.3 is 5.32 Å². The summed E-state index contributed by atoms with van der Waals surface area (Å²) in [6, 6.07) is 21.1. The lowest BCUT2D eigenvalue weighted by Crippen LogP contribution is -2.21. The van der Waals surface area contributed by atoms with Crippen molar-refractivity contribution in [3.63, 3.8) is 0 Å². The van der Waals surface area contributed by atoms with Gasteiger partial charge in [0.15, 0.2) is 0 Å². The molecule has 0 bridgehead atoms. The molecule has 1 aliphatic heterocycles. The minimum Gasteiger partial charge on any atom is -0.368 e. The highest BCUT2D eigenvalue weighted by Crippen LogP contribution is 2.25. The number of halogens is 1. The van der Waals surface area contributed by atoms with E-state index >= 15 is 0 Å². The average molecular weight is 335 g/mol. The number of rotatable bonds is 4. The molecule has 0 aromatic heterocycles. The number of hydrogen-bond acceptors (Lipinski definition) is 2. The van der Waals surface area contributed by atoms with Gasteiger partial charge in [-0.25, -0.2) is 0 Å². The number of nitrogens with one attached hydrogen (secondary N) is 1. The molecule has 0 amide bonds. The molecule has 0 saturated carbocycles. The lowest BCUT2D eigenvalue weighted by molar-refractivity contribution is 0.950. The second kappa shape index (κ2) is 6.66. The van der Waals surface area contributed by atoms with Crippen LogP contribution in [0.5, 0.6) is 0 Å². The van der Waals surface area contributed by atoms with Crippen LogP contribution in [0.25, 0.3) is 10.8 Å². The smallest absolute Gasteiger partial charge is 0.128 e. The second-order valence-corrected chi connectivity index (χ2v) is 6.47. The second-order valence-electron chi connectivity index (χ2n) is 6.06. The van der Waals surface area contributed by atoms with Crippen molar-refractivity contribution >= 4 is 28.2 Å². The maximum atomic E-state index is 6.51. The van der Waals surface area contributed by atoms with Crippen LogP contribution in [0, 0.1) is 0 Å². The molecular weight excluding hydrogens is 316 g/mol. The molecule has 0 spiro atoms. The fraction of sp³-hybridized carbons (Fsp3) is 0.190. The Morgan fingerprint density at radius 2 is 1.75 bits per heavy atom. The predicted molar refractivity (Wildman–Crippen MR) is 102 cm³/mol. The van der Waals surface area contributed by atoms with Crippen molar-refractivity contribution in [2.24, 2.45) is 4.99 Å². The molecule has 24 heavy (non-hydrogen) atoms. The van der Waals surface area contributed by atoms with Gasteiger partial charge >= 0.3 is 0 Å². The van der Waals surface area contributed by atoms with Crippen molar-refractivity contribution in [1.29, 1.82) is 0 Å². The third kappa shape index (κ3) is 2.90. The molecule has 3 aromatic carbocycles. The zero-order chi connectivity index (χ0) is 16.4. The van der Waals surface area contributed by atoms with E-state index in [2.05, 4.69) is 58.8 Å². The lowest BCUT2D eigenvalue weighted by Gasteiger charge is -2.13. The van der Waals surface area contributed by atoms with E-state index in [1.165, 1.54) is 21.9 Å². The summed E-state index contributed by atoms with van der Waals surface area (Å²) in [5.41, 5.74) is 3.68. The SMILES string of the molecule is Clc1cccc(C2=NCCN2)c1CCc1cccc2ccccc12. The first kappa shape index (κ1) is 15.2. The minimum absolute atomic E-state index is 0.823. The van der Waals surface area contributed by atoms with Crippen molar-refractivity contribution in [1.82, 2.24) is 5.32 Å². The van der Waals surface area contributed by atoms with Crippen LogP contribution in [-0.4, -0.2) is 18.9 Å². The Kier molecular flexibility index (Phi) is 4.22. The van der Waals surface area contributed by atoms with Gasteiger partial charge in [-0.1, -0.05) is 66.2 Å². The Morgan fingerprint density at radius 3 is 2.62 bits per heavy atom. The fourth-order valence-corrected chi connectivity index (χ4v) is 3.65. The van der Waals surface area contributed by atoms with Crippen LogP contribution in [0.1, 0.15) is 16.7 Å². The highest BCUT2D eigenvalue weighted by atomic mass is 35.5. The zero-order valence-electron chi connectivity index (χ0n) is 13.4. The summed E-state index contributed by atoms with van der Waals surface area (Å²) in [6.45, 7) is 1.75. The molecule has 3 heteroatoms. The molecule has 0 fully saturated rings. The summed E-state index contributed by atoms with van der Waals surface area (Å²) in [5.74, 6) is 0.977. The lowest BCUT2D eigenvalue weighted by atomic mass is 9.96. The number of fused-ring (bicyclic) bond motifs is 1. The first-order chi connectivity index (χ1) is 11.8. The third-order valence-corrected chi connectivity index (χ3v) is 4.93. The van der Waals surface area contributed by atoms with Gasteiger partial charge in [-0.15, -0.1) is 0 Å². The first-order valence-electron chi connectivity index (χ1n) is 8.35. The molecule has 1 heterocycles. The van der Waals surface area contributed by atoms with Crippen LogP contribution in [0.15, 0.2) is 65.7 Å². The third-order valence-electron chi connectivity index (χ3n) is 4.57. The molecule has 3 aromatic rings. The maximum Gasteiger partial charge on any atom is 0.128 e. The number of benzene rings is 3. The van der Waals surface area contributed by atoms with E-state index in [-0.39, 0.29) is 0 Å². The van der Waals surface area contributed by atoms with Gasteiger partial charge in [-0.05, 0) is 40.8 Å². The van der Waals surface area contributed by atoms with E-state index < -0.39 is 0 Å². The number of hydrogen-bond donors (Lipinski definition) is 1. The van der Waals surface area contributed by atoms with E-state index in [9.17, 15) is 0 Å². The van der Waals surface area contributed by atoms with E-state index in [4.69, 9.17) is 11.6 Å². The number of aryl methyl sites for hydroxylation is 1. The zero-order valence-corrected chi connectivity index (χ0v) is 14.2. The van der Waals surface area contributed by atoms with Gasteiger partial charge in [0.25, 0.3) is 0 Å². The highest BCUT2D eigenvalue weighted by Gasteiger charge is 2.15. The van der Waals surface area contributed by atoms with Gasteiger partial charge in [-0.2, -0.15) is 0 Å². The monoisotopic (exact) mass is 334 g/mol. The fourth-order valence-electron chi connectivity index (χ4n) is 3.38. The Balaban J connectivity index is 1.66. The molecule has 120 valence electrons. The van der Waals surface area contributed by atoms with Gasteiger partial charge in [0.1, 0.15) is 5.84 Å². The van der Waals surface area contributed by atoms with Crippen LogP contribution in [0.4, 0.5) is 0 Å². The summed E-state index contributed by atoms with van der Waals surface area (Å²) in [6.07, 6.45) is 1.87. The molecule has 0 atom stereocenters. The molecule has 0 radical (unpaired) electrons. The van der Waals surface area contributed by atoms with Crippen molar-refractivity contribution in [3.8, 4) is 0 Å². The summed E-state index contributed by atoms with van der Waals surface area (Å²) < 4.78 is 0. The van der Waals surface area contributed by atoms with E-state index in [1.54, 1.807) is 0 Å². The van der Waals surface area contributed by atoms with Gasteiger partial charge in [0.05, 0.1) is 6.54 Å². The van der Waals surface area contributed by atoms with E-state index in [1.807, 2.05) is 12.1 Å². The van der Waals surface area contributed by atoms with Crippen molar-refractivity contribution in [3.05, 3.63) is 82.4 Å². The number of nitrogens with zero attached hydrogens (tertiary/aromatic N) is 1. The van der Waals surface area contributed by atoms with E-state index in [0.717, 1.165) is 42.4 Å². The molecule has 0 unspecified atom stereocenters. The van der Waals surface area contributed by atoms with Crippen LogP contribution in [-0.2, 0) is 12.8 Å². The Bertz CT molecular complexity index is 909. The van der Waals surface area contributed by atoms with Crippen LogP contribution >= 0.6 is 11.6 Å². The molecule has 1 aliphatic rings. The minimum atomic E-state index is 0.823. The van der Waals surface area contributed by atoms with Gasteiger partial charge in [-0.3, -0.25) is 4.99 Å². The Morgan fingerprint density at radius 1 is 0.917 bits per heavy atom. The molecule has 1 N–H and O–H groups in total. The van der Waals surface area contributed by atoms with Crippen molar-refractivity contribution in [2.75, 3.05) is 13.1 Å². The average Bonchev–Trinajstić information content (AvgIpc) is 3.15. The standard InChI is InChI=1S/C21H19ClN2/c22-20-10-4-9-19(21-23-13-14-24-21)18(20)12-11-16-7-3-6-15-5-1-2-8-17(15)16/h1-10H,11-14H2,(H,23,24). The number of aliphatic imine (C=N–C) groups is 1. The molecular formula is C21H19ClN2. The van der Waals surface area contributed by atoms with Crippen molar-refractivity contribution < 1.29 is 0 Å². The van der Waals surface area contributed by atoms with E-state index in [0.29, 0.717) is 0 Å². The molecule has 4 rings (SSSR count). The van der Waals surface area contributed by atoms with Crippen LogP contribution in [0.2, 0.25) is 5.02 Å². The molecule has 0 saturated heterocycles. The summed E-state index contributed by atoms with van der Waals surface area (Å²) >= 11 is 6.51. The van der Waals surface area contributed by atoms with Gasteiger partial charge in [0.2, 0.25) is 0 Å². The Labute approximate surface area is 147 Å². The number of amidine groups is 1. The summed E-state index contributed by atoms with van der Waals surface area (Å²) in [5, 5.41) is 6.80. The molecule has 2 nitrogen and oxygen atoms in total. The highest BCUT2D eigenvalue weighted by molar-refractivity contribution is 6.32.